The number of hydrogen-bond acceptors (Lipinski definition) is 3. The summed E-state index contributed by atoms with van der Waals surface area (Å²) in [6.45, 7) is 4.82. The summed E-state index contributed by atoms with van der Waals surface area (Å²) in [6.07, 6.45) is 6.20. The molecule has 2 aromatic heterocycles. The smallest absolute Gasteiger partial charge is 0.245 e. The van der Waals surface area contributed by atoms with Crippen LogP contribution in [0.15, 0.2) is 36.7 Å². The standard InChI is InChI=1S/C20H27N5O/c1-5-17(20(26)23(3)12-11-15-13-21-24(4)14-15)25-18-10-8-7-9-16(18)22-19(25)6-2/h7-10,13-14,17H,5-6,11-12H2,1-4H3. The molecule has 3 aromatic rings. The van der Waals surface area contributed by atoms with Crippen LogP contribution in [0.25, 0.3) is 11.0 Å². The van der Waals surface area contributed by atoms with E-state index in [-0.39, 0.29) is 11.9 Å². The van der Waals surface area contributed by atoms with Gasteiger partial charge in [-0.25, -0.2) is 4.98 Å². The van der Waals surface area contributed by atoms with Crippen LogP contribution in [0.1, 0.15) is 37.7 Å². The van der Waals surface area contributed by atoms with Gasteiger partial charge in [-0.1, -0.05) is 26.0 Å². The molecule has 1 atom stereocenters. The second-order valence-electron chi connectivity index (χ2n) is 6.70. The van der Waals surface area contributed by atoms with Crippen molar-refractivity contribution in [3.63, 3.8) is 0 Å². The van der Waals surface area contributed by atoms with Gasteiger partial charge < -0.3 is 9.47 Å². The molecule has 0 saturated heterocycles. The number of likely N-dealkylation sites (N-methyl/N-ethyl adjacent to an activating group) is 1. The predicted molar refractivity (Wildman–Crippen MR) is 103 cm³/mol. The van der Waals surface area contributed by atoms with Crippen LogP contribution in [0.5, 0.6) is 0 Å². The predicted octanol–water partition coefficient (Wildman–Crippen LogP) is 2.98. The normalized spacial score (nSPS) is 12.5. The van der Waals surface area contributed by atoms with Crippen molar-refractivity contribution >= 4 is 16.9 Å². The van der Waals surface area contributed by atoms with Gasteiger partial charge in [0.2, 0.25) is 5.91 Å². The van der Waals surface area contributed by atoms with E-state index >= 15 is 0 Å². The van der Waals surface area contributed by atoms with Gasteiger partial charge in [0, 0.05) is 33.3 Å². The van der Waals surface area contributed by atoms with Gasteiger partial charge in [0.25, 0.3) is 0 Å². The maximum atomic E-state index is 13.2. The van der Waals surface area contributed by atoms with E-state index in [0.717, 1.165) is 41.7 Å². The second-order valence-corrected chi connectivity index (χ2v) is 6.70. The summed E-state index contributed by atoms with van der Waals surface area (Å²) >= 11 is 0. The van der Waals surface area contributed by atoms with Crippen LogP contribution in [0.3, 0.4) is 0 Å². The van der Waals surface area contributed by atoms with Gasteiger partial charge in [0.05, 0.1) is 17.2 Å². The van der Waals surface area contributed by atoms with E-state index in [4.69, 9.17) is 4.98 Å². The number of aryl methyl sites for hydroxylation is 2. The molecule has 138 valence electrons. The van der Waals surface area contributed by atoms with Gasteiger partial charge in [-0.3, -0.25) is 9.48 Å². The molecule has 6 nitrogen and oxygen atoms in total. The lowest BCUT2D eigenvalue weighted by molar-refractivity contribution is -0.133. The zero-order chi connectivity index (χ0) is 18.7. The van der Waals surface area contributed by atoms with Gasteiger partial charge >= 0.3 is 0 Å². The van der Waals surface area contributed by atoms with E-state index in [1.807, 2.05) is 55.7 Å². The molecule has 3 rings (SSSR count). The number of aromatic nitrogens is 4. The number of para-hydroxylation sites is 2. The van der Waals surface area contributed by atoms with E-state index in [1.54, 1.807) is 4.68 Å². The van der Waals surface area contributed by atoms with E-state index < -0.39 is 0 Å². The summed E-state index contributed by atoms with van der Waals surface area (Å²) in [5, 5.41) is 4.19. The molecule has 0 aliphatic heterocycles. The Kier molecular flexibility index (Phi) is 5.40. The fourth-order valence-corrected chi connectivity index (χ4v) is 3.42. The van der Waals surface area contributed by atoms with Crippen LogP contribution in [0.4, 0.5) is 0 Å². The van der Waals surface area contributed by atoms with Crippen LogP contribution >= 0.6 is 0 Å². The topological polar surface area (TPSA) is 56.0 Å². The first-order valence-electron chi connectivity index (χ1n) is 9.23. The molecule has 0 spiro atoms. The number of imidazole rings is 1. The van der Waals surface area contributed by atoms with E-state index in [9.17, 15) is 4.79 Å². The third-order valence-electron chi connectivity index (χ3n) is 4.84. The third-order valence-corrected chi connectivity index (χ3v) is 4.84. The van der Waals surface area contributed by atoms with Crippen molar-refractivity contribution in [3.05, 3.63) is 48.0 Å². The Hall–Kier alpha value is -2.63. The first-order valence-corrected chi connectivity index (χ1v) is 9.23. The maximum Gasteiger partial charge on any atom is 0.245 e. The number of fused-ring (bicyclic) bond motifs is 1. The van der Waals surface area contributed by atoms with E-state index in [0.29, 0.717) is 6.54 Å². The summed E-state index contributed by atoms with van der Waals surface area (Å²) in [6, 6.07) is 7.82. The Morgan fingerprint density at radius 1 is 1.27 bits per heavy atom. The highest BCUT2D eigenvalue weighted by Crippen LogP contribution is 2.25. The van der Waals surface area contributed by atoms with Gasteiger partial charge in [0.15, 0.2) is 0 Å². The molecular weight excluding hydrogens is 326 g/mol. The van der Waals surface area contributed by atoms with Crippen LogP contribution in [0, 0.1) is 0 Å². The fraction of sp³-hybridized carbons (Fsp3) is 0.450. The zero-order valence-corrected chi connectivity index (χ0v) is 16.0. The summed E-state index contributed by atoms with van der Waals surface area (Å²) in [7, 11) is 3.79. The van der Waals surface area contributed by atoms with Gasteiger partial charge in [-0.2, -0.15) is 5.10 Å². The molecule has 1 unspecified atom stereocenters. The molecule has 0 N–H and O–H groups in total. The quantitative estimate of drug-likeness (QED) is 0.656. The van der Waals surface area contributed by atoms with Crippen LogP contribution in [0.2, 0.25) is 0 Å². The number of carbonyl (C=O) groups is 1. The van der Waals surface area contributed by atoms with Crippen molar-refractivity contribution in [1.82, 2.24) is 24.2 Å². The van der Waals surface area contributed by atoms with Gasteiger partial charge in [0.1, 0.15) is 11.9 Å². The Morgan fingerprint density at radius 3 is 2.69 bits per heavy atom. The van der Waals surface area contributed by atoms with Crippen LogP contribution in [-0.2, 0) is 24.7 Å². The monoisotopic (exact) mass is 353 g/mol. The third kappa shape index (κ3) is 3.49. The Bertz CT molecular complexity index is 895. The number of hydrogen-bond donors (Lipinski definition) is 0. The highest BCUT2D eigenvalue weighted by atomic mass is 16.2. The number of rotatable bonds is 7. The van der Waals surface area contributed by atoms with Gasteiger partial charge in [-0.05, 0) is 30.5 Å². The van der Waals surface area contributed by atoms with Crippen molar-refractivity contribution in [2.45, 2.75) is 39.2 Å². The molecule has 0 bridgehead atoms. The summed E-state index contributed by atoms with van der Waals surface area (Å²) in [4.78, 5) is 19.7. The Balaban J connectivity index is 1.82. The number of benzene rings is 1. The van der Waals surface area contributed by atoms with Crippen LogP contribution < -0.4 is 0 Å². The molecule has 1 aromatic carbocycles. The van der Waals surface area contributed by atoms with Crippen molar-refractivity contribution in [2.75, 3.05) is 13.6 Å². The van der Waals surface area contributed by atoms with E-state index in [1.165, 1.54) is 0 Å². The maximum absolute atomic E-state index is 13.2. The average Bonchev–Trinajstić information content (AvgIpc) is 3.23. The lowest BCUT2D eigenvalue weighted by atomic mass is 10.1. The zero-order valence-electron chi connectivity index (χ0n) is 16.0. The largest absolute Gasteiger partial charge is 0.344 e. The lowest BCUT2D eigenvalue weighted by Crippen LogP contribution is -2.36. The summed E-state index contributed by atoms with van der Waals surface area (Å²) in [5.41, 5.74) is 3.13. The SMILES string of the molecule is CCc1nc2ccccc2n1C(CC)C(=O)N(C)CCc1cnn(C)c1. The van der Waals surface area contributed by atoms with Crippen molar-refractivity contribution < 1.29 is 4.79 Å². The first kappa shape index (κ1) is 18.2. The molecule has 26 heavy (non-hydrogen) atoms. The molecular formula is C20H27N5O. The summed E-state index contributed by atoms with van der Waals surface area (Å²) in [5.74, 6) is 1.10. The molecule has 0 fully saturated rings. The van der Waals surface area contributed by atoms with E-state index in [2.05, 4.69) is 23.5 Å². The molecule has 2 heterocycles. The minimum Gasteiger partial charge on any atom is -0.344 e. The van der Waals surface area contributed by atoms with Crippen molar-refractivity contribution in [2.24, 2.45) is 7.05 Å². The van der Waals surface area contributed by atoms with Crippen molar-refractivity contribution in [1.29, 1.82) is 0 Å². The molecule has 1 amide bonds. The molecule has 0 radical (unpaired) electrons. The highest BCUT2D eigenvalue weighted by molar-refractivity contribution is 5.84. The average molecular weight is 353 g/mol. The molecule has 0 aliphatic carbocycles. The molecule has 0 saturated carbocycles. The highest BCUT2D eigenvalue weighted by Gasteiger charge is 2.26. The molecule has 0 aliphatic rings. The first-order chi connectivity index (χ1) is 12.5. The Morgan fingerprint density at radius 2 is 2.04 bits per heavy atom. The van der Waals surface area contributed by atoms with Crippen molar-refractivity contribution in [3.8, 4) is 0 Å². The number of amides is 1. The number of carbonyl (C=O) groups excluding carboxylic acids is 1. The minimum absolute atomic E-state index is 0.134. The minimum atomic E-state index is -0.226. The van der Waals surface area contributed by atoms with Crippen LogP contribution in [-0.4, -0.2) is 43.7 Å². The fourth-order valence-electron chi connectivity index (χ4n) is 3.42. The second kappa shape index (κ2) is 7.72. The number of nitrogens with zero attached hydrogens (tertiary/aromatic N) is 5. The molecule has 6 heteroatoms. The van der Waals surface area contributed by atoms with Gasteiger partial charge in [-0.15, -0.1) is 0 Å². The summed E-state index contributed by atoms with van der Waals surface area (Å²) < 4.78 is 3.91. The lowest BCUT2D eigenvalue weighted by Gasteiger charge is -2.25. The Labute approximate surface area is 154 Å².